The van der Waals surface area contributed by atoms with Crippen LogP contribution in [0.3, 0.4) is 0 Å². The minimum Gasteiger partial charge on any atom is -0.494 e. The van der Waals surface area contributed by atoms with Crippen LogP contribution >= 0.6 is 0 Å². The molecule has 0 aliphatic carbocycles. The molecule has 28 heavy (non-hydrogen) atoms. The molecule has 1 aromatic rings. The number of nitrogens with one attached hydrogen (secondary N) is 2. The van der Waals surface area contributed by atoms with Gasteiger partial charge >= 0.3 is 6.09 Å². The molecular formula is C20H31FN3O4+. The largest absolute Gasteiger partial charge is 0.494 e. The fraction of sp³-hybridized carbons (Fsp3) is 0.600. The lowest BCUT2D eigenvalue weighted by molar-refractivity contribution is -0.917. The highest BCUT2D eigenvalue weighted by atomic mass is 19.1. The van der Waals surface area contributed by atoms with Crippen molar-refractivity contribution in [2.45, 2.75) is 39.3 Å². The predicted molar refractivity (Wildman–Crippen MR) is 103 cm³/mol. The van der Waals surface area contributed by atoms with Gasteiger partial charge < -0.3 is 24.6 Å². The first-order chi connectivity index (χ1) is 13.2. The van der Waals surface area contributed by atoms with Gasteiger partial charge in [0, 0.05) is 18.5 Å². The van der Waals surface area contributed by atoms with Crippen molar-refractivity contribution in [1.82, 2.24) is 10.2 Å². The number of methoxy groups -OCH3 is 1. The van der Waals surface area contributed by atoms with Crippen LogP contribution in [0.5, 0.6) is 5.75 Å². The molecule has 1 fully saturated rings. The Hall–Kier alpha value is -2.35. The molecule has 1 saturated heterocycles. The van der Waals surface area contributed by atoms with Crippen LogP contribution in [0.25, 0.3) is 0 Å². The van der Waals surface area contributed by atoms with Gasteiger partial charge in [0.05, 0.1) is 33.3 Å². The van der Waals surface area contributed by atoms with E-state index in [-0.39, 0.29) is 30.4 Å². The van der Waals surface area contributed by atoms with Crippen LogP contribution in [0.2, 0.25) is 0 Å². The smallest absolute Gasteiger partial charge is 0.407 e. The lowest BCUT2D eigenvalue weighted by Gasteiger charge is -2.32. The molecular weight excluding hydrogens is 365 g/mol. The van der Waals surface area contributed by atoms with Crippen molar-refractivity contribution >= 4 is 12.0 Å². The molecule has 1 aliphatic rings. The zero-order valence-corrected chi connectivity index (χ0v) is 17.1. The van der Waals surface area contributed by atoms with E-state index in [1.807, 2.05) is 11.0 Å². The van der Waals surface area contributed by atoms with Crippen molar-refractivity contribution in [2.75, 3.05) is 39.8 Å². The highest BCUT2D eigenvalue weighted by molar-refractivity contribution is 5.77. The fourth-order valence-electron chi connectivity index (χ4n) is 3.10. The molecule has 156 valence electrons. The number of carbonyl (C=O) groups excluding carboxylic acids is 2. The molecule has 1 aromatic carbocycles. The SMILES string of the molecule is COc1ccc(C[NH+]2CCN(C(=O)CCNC(=O)OC(C)(C)C)CC2)cc1F. The van der Waals surface area contributed by atoms with E-state index in [1.165, 1.54) is 18.1 Å². The Morgan fingerprint density at radius 1 is 1.25 bits per heavy atom. The van der Waals surface area contributed by atoms with Crippen LogP contribution in [0, 0.1) is 5.82 Å². The summed E-state index contributed by atoms with van der Waals surface area (Å²) >= 11 is 0. The lowest BCUT2D eigenvalue weighted by Crippen LogP contribution is -3.13. The van der Waals surface area contributed by atoms with Crippen molar-refractivity contribution in [3.05, 3.63) is 29.6 Å². The molecule has 0 aromatic heterocycles. The molecule has 0 saturated carbocycles. The molecule has 0 spiro atoms. The first-order valence-electron chi connectivity index (χ1n) is 9.58. The monoisotopic (exact) mass is 396 g/mol. The molecule has 2 rings (SSSR count). The lowest BCUT2D eigenvalue weighted by atomic mass is 10.1. The topological polar surface area (TPSA) is 72.3 Å². The van der Waals surface area contributed by atoms with Crippen molar-refractivity contribution in [3.63, 3.8) is 0 Å². The second-order valence-electron chi connectivity index (χ2n) is 7.96. The summed E-state index contributed by atoms with van der Waals surface area (Å²) in [4.78, 5) is 27.0. The number of piperazine rings is 1. The summed E-state index contributed by atoms with van der Waals surface area (Å²) in [5.41, 5.74) is 0.356. The number of halogens is 1. The number of hydrogen-bond acceptors (Lipinski definition) is 4. The Labute approximate surface area is 165 Å². The average molecular weight is 396 g/mol. The molecule has 0 radical (unpaired) electrons. The molecule has 8 heteroatoms. The van der Waals surface area contributed by atoms with Gasteiger partial charge in [-0.25, -0.2) is 9.18 Å². The van der Waals surface area contributed by atoms with E-state index >= 15 is 0 Å². The van der Waals surface area contributed by atoms with E-state index in [2.05, 4.69) is 5.32 Å². The highest BCUT2D eigenvalue weighted by Crippen LogP contribution is 2.17. The summed E-state index contributed by atoms with van der Waals surface area (Å²) < 4.78 is 23.9. The maximum absolute atomic E-state index is 13.8. The Kier molecular flexibility index (Phi) is 7.62. The summed E-state index contributed by atoms with van der Waals surface area (Å²) in [6.07, 6.45) is -0.264. The van der Waals surface area contributed by atoms with Gasteiger partial charge in [0.15, 0.2) is 11.6 Å². The molecule has 2 N–H and O–H groups in total. The van der Waals surface area contributed by atoms with Crippen molar-refractivity contribution in [3.8, 4) is 5.75 Å². The van der Waals surface area contributed by atoms with Gasteiger partial charge in [-0.2, -0.15) is 0 Å². The minimum absolute atomic E-state index is 0.0191. The molecule has 0 unspecified atom stereocenters. The Balaban J connectivity index is 1.70. The van der Waals surface area contributed by atoms with Crippen molar-refractivity contribution in [2.24, 2.45) is 0 Å². The number of hydrogen-bond donors (Lipinski definition) is 2. The van der Waals surface area contributed by atoms with Gasteiger partial charge in [-0.1, -0.05) is 0 Å². The summed E-state index contributed by atoms with van der Waals surface area (Å²) in [6, 6.07) is 5.02. The number of quaternary nitrogens is 1. The van der Waals surface area contributed by atoms with E-state index < -0.39 is 11.7 Å². The second kappa shape index (κ2) is 9.73. The second-order valence-corrected chi connectivity index (χ2v) is 7.96. The average Bonchev–Trinajstić information content (AvgIpc) is 2.61. The predicted octanol–water partition coefficient (Wildman–Crippen LogP) is 0.976. The van der Waals surface area contributed by atoms with E-state index in [4.69, 9.17) is 9.47 Å². The number of nitrogens with zero attached hydrogens (tertiary/aromatic N) is 1. The Morgan fingerprint density at radius 2 is 1.93 bits per heavy atom. The number of amides is 2. The summed E-state index contributed by atoms with van der Waals surface area (Å²) in [5, 5.41) is 2.61. The van der Waals surface area contributed by atoms with E-state index in [0.717, 1.165) is 18.7 Å². The van der Waals surface area contributed by atoms with E-state index in [9.17, 15) is 14.0 Å². The third-order valence-electron chi connectivity index (χ3n) is 4.50. The zero-order chi connectivity index (χ0) is 20.7. The summed E-state index contributed by atoms with van der Waals surface area (Å²) in [7, 11) is 1.45. The van der Waals surface area contributed by atoms with E-state index in [1.54, 1.807) is 26.8 Å². The molecule has 1 aliphatic heterocycles. The molecule has 1 heterocycles. The van der Waals surface area contributed by atoms with Crippen LogP contribution in [-0.4, -0.2) is 62.3 Å². The quantitative estimate of drug-likeness (QED) is 0.752. The number of benzene rings is 1. The fourth-order valence-corrected chi connectivity index (χ4v) is 3.10. The maximum Gasteiger partial charge on any atom is 0.407 e. The number of alkyl carbamates (subject to hydrolysis) is 1. The van der Waals surface area contributed by atoms with Crippen LogP contribution in [0.15, 0.2) is 18.2 Å². The van der Waals surface area contributed by atoms with Crippen LogP contribution in [0.4, 0.5) is 9.18 Å². The van der Waals surface area contributed by atoms with Gasteiger partial charge in [0.2, 0.25) is 5.91 Å². The summed E-state index contributed by atoms with van der Waals surface area (Å²) in [6.45, 7) is 9.25. The van der Waals surface area contributed by atoms with Gasteiger partial charge in [0.25, 0.3) is 0 Å². The van der Waals surface area contributed by atoms with E-state index in [0.29, 0.717) is 19.6 Å². The third kappa shape index (κ3) is 6.99. The molecule has 7 nitrogen and oxygen atoms in total. The van der Waals surface area contributed by atoms with Crippen LogP contribution < -0.4 is 15.0 Å². The van der Waals surface area contributed by atoms with Gasteiger partial charge in [-0.05, 0) is 39.0 Å². The third-order valence-corrected chi connectivity index (χ3v) is 4.50. The maximum atomic E-state index is 13.8. The first kappa shape index (κ1) is 21.9. The first-order valence-corrected chi connectivity index (χ1v) is 9.58. The summed E-state index contributed by atoms with van der Waals surface area (Å²) in [5.74, 6) is -0.0922. The zero-order valence-electron chi connectivity index (χ0n) is 17.1. The van der Waals surface area contributed by atoms with Gasteiger partial charge in [0.1, 0.15) is 12.1 Å². The van der Waals surface area contributed by atoms with Gasteiger partial charge in [-0.15, -0.1) is 0 Å². The molecule has 2 amide bonds. The Bertz CT molecular complexity index is 683. The number of ether oxygens (including phenoxy) is 2. The van der Waals surface area contributed by atoms with Crippen molar-refractivity contribution in [1.29, 1.82) is 0 Å². The number of rotatable bonds is 6. The highest BCUT2D eigenvalue weighted by Gasteiger charge is 2.24. The Morgan fingerprint density at radius 3 is 2.50 bits per heavy atom. The number of carbonyl (C=O) groups is 2. The molecule has 0 bridgehead atoms. The van der Waals surface area contributed by atoms with Crippen LogP contribution in [-0.2, 0) is 16.1 Å². The van der Waals surface area contributed by atoms with Crippen molar-refractivity contribution < 1.29 is 28.4 Å². The normalized spacial score (nSPS) is 15.2. The standard InChI is InChI=1S/C20H30FN3O4/c1-20(2,3)28-19(26)22-8-7-18(25)24-11-9-23(10-12-24)14-15-5-6-17(27-4)16(21)13-15/h5-6,13H,7-12,14H2,1-4H3,(H,22,26)/p+1. The molecule has 0 atom stereocenters. The minimum atomic E-state index is -0.556. The van der Waals surface area contributed by atoms with Gasteiger partial charge in [-0.3, -0.25) is 4.79 Å². The van der Waals surface area contributed by atoms with Crippen LogP contribution in [0.1, 0.15) is 32.8 Å².